The van der Waals surface area contributed by atoms with E-state index >= 15 is 0 Å². The van der Waals surface area contributed by atoms with E-state index in [0.717, 1.165) is 18.1 Å². The van der Waals surface area contributed by atoms with Crippen molar-refractivity contribution in [1.29, 1.82) is 0 Å². The van der Waals surface area contributed by atoms with E-state index in [0.29, 0.717) is 24.0 Å². The molecule has 1 aliphatic heterocycles. The zero-order valence-corrected chi connectivity index (χ0v) is 13.8. The Kier molecular flexibility index (Phi) is 5.48. The zero-order chi connectivity index (χ0) is 14.7. The van der Waals surface area contributed by atoms with E-state index in [1.165, 1.54) is 12.0 Å². The molecule has 0 spiro atoms. The van der Waals surface area contributed by atoms with Gasteiger partial charge in [0.05, 0.1) is 0 Å². The third-order valence-electron chi connectivity index (χ3n) is 4.16. The van der Waals surface area contributed by atoms with Crippen LogP contribution >= 0.6 is 11.6 Å². The van der Waals surface area contributed by atoms with Gasteiger partial charge in [-0.05, 0) is 43.9 Å². The maximum absolute atomic E-state index is 6.04. The Morgan fingerprint density at radius 3 is 2.50 bits per heavy atom. The predicted molar refractivity (Wildman–Crippen MR) is 87.3 cm³/mol. The van der Waals surface area contributed by atoms with E-state index in [4.69, 9.17) is 11.6 Å². The highest BCUT2D eigenvalue weighted by atomic mass is 35.5. The second-order valence-electron chi connectivity index (χ2n) is 6.55. The summed E-state index contributed by atoms with van der Waals surface area (Å²) in [6.45, 7) is 11.4. The number of hydrogen-bond donors (Lipinski definition) is 1. The quantitative estimate of drug-likeness (QED) is 0.899. The van der Waals surface area contributed by atoms with Crippen molar-refractivity contribution in [1.82, 2.24) is 10.2 Å². The first-order valence-corrected chi connectivity index (χ1v) is 8.09. The van der Waals surface area contributed by atoms with Gasteiger partial charge in [-0.3, -0.25) is 4.90 Å². The first-order chi connectivity index (χ1) is 9.47. The Bertz CT molecular complexity index is 416. The van der Waals surface area contributed by atoms with Crippen LogP contribution < -0.4 is 5.32 Å². The number of benzene rings is 1. The van der Waals surface area contributed by atoms with Crippen LogP contribution in [-0.2, 0) is 0 Å². The van der Waals surface area contributed by atoms with Gasteiger partial charge < -0.3 is 5.32 Å². The third-order valence-corrected chi connectivity index (χ3v) is 4.41. The van der Waals surface area contributed by atoms with E-state index < -0.39 is 0 Å². The zero-order valence-electron chi connectivity index (χ0n) is 13.1. The number of piperazine rings is 1. The molecule has 0 aromatic heterocycles. The van der Waals surface area contributed by atoms with Gasteiger partial charge >= 0.3 is 0 Å². The standard InChI is InChI=1S/C17H27ClN2/c1-12(2)9-17(15-5-7-16(18)8-6-15)20-11-13(3)19-10-14(20)4/h5-8,12-14,17,19H,9-11H2,1-4H3/t13-,14+,17?/m1/s1. The fraction of sp³-hybridized carbons (Fsp3) is 0.647. The summed E-state index contributed by atoms with van der Waals surface area (Å²) in [5.74, 6) is 0.688. The molecule has 1 N–H and O–H groups in total. The minimum atomic E-state index is 0.492. The van der Waals surface area contributed by atoms with E-state index in [1.807, 2.05) is 12.1 Å². The van der Waals surface area contributed by atoms with Crippen molar-refractivity contribution in [3.8, 4) is 0 Å². The fourth-order valence-corrected chi connectivity index (χ4v) is 3.20. The van der Waals surface area contributed by atoms with Crippen molar-refractivity contribution in [2.24, 2.45) is 5.92 Å². The molecule has 1 aromatic rings. The van der Waals surface area contributed by atoms with Crippen LogP contribution in [0.3, 0.4) is 0 Å². The molecule has 1 aromatic carbocycles. The van der Waals surface area contributed by atoms with Crippen LogP contribution in [0.15, 0.2) is 24.3 Å². The summed E-state index contributed by atoms with van der Waals surface area (Å²) in [7, 11) is 0. The molecule has 0 bridgehead atoms. The molecule has 3 atom stereocenters. The monoisotopic (exact) mass is 294 g/mol. The van der Waals surface area contributed by atoms with Crippen LogP contribution in [0.25, 0.3) is 0 Å². The van der Waals surface area contributed by atoms with E-state index in [1.54, 1.807) is 0 Å². The fourth-order valence-electron chi connectivity index (χ4n) is 3.08. The molecule has 1 fully saturated rings. The Morgan fingerprint density at radius 1 is 1.25 bits per heavy atom. The highest BCUT2D eigenvalue weighted by Gasteiger charge is 2.30. The Morgan fingerprint density at radius 2 is 1.90 bits per heavy atom. The van der Waals surface area contributed by atoms with Crippen molar-refractivity contribution >= 4 is 11.6 Å². The van der Waals surface area contributed by atoms with Gasteiger partial charge in [-0.2, -0.15) is 0 Å². The summed E-state index contributed by atoms with van der Waals surface area (Å²) < 4.78 is 0. The molecule has 0 aliphatic carbocycles. The van der Waals surface area contributed by atoms with Gasteiger partial charge in [0.25, 0.3) is 0 Å². The van der Waals surface area contributed by atoms with Crippen molar-refractivity contribution in [3.63, 3.8) is 0 Å². The Hall–Kier alpha value is -0.570. The highest BCUT2D eigenvalue weighted by Crippen LogP contribution is 2.31. The minimum absolute atomic E-state index is 0.492. The average Bonchev–Trinajstić information content (AvgIpc) is 2.40. The Labute approximate surface area is 128 Å². The summed E-state index contributed by atoms with van der Waals surface area (Å²) in [5.41, 5.74) is 1.39. The van der Waals surface area contributed by atoms with Crippen LogP contribution in [0.5, 0.6) is 0 Å². The molecular formula is C17H27ClN2. The molecule has 0 saturated carbocycles. The van der Waals surface area contributed by atoms with Crippen LogP contribution in [0.2, 0.25) is 5.02 Å². The molecular weight excluding hydrogens is 268 g/mol. The van der Waals surface area contributed by atoms with E-state index in [2.05, 4.69) is 50.0 Å². The summed E-state index contributed by atoms with van der Waals surface area (Å²) in [4.78, 5) is 2.66. The molecule has 1 unspecified atom stereocenters. The molecule has 1 saturated heterocycles. The molecule has 1 aliphatic rings. The lowest BCUT2D eigenvalue weighted by molar-refractivity contribution is 0.0826. The number of hydrogen-bond acceptors (Lipinski definition) is 2. The van der Waals surface area contributed by atoms with Gasteiger partial charge in [0, 0.05) is 36.2 Å². The SMILES string of the molecule is CC(C)CC(c1ccc(Cl)cc1)N1C[C@@H](C)NC[C@@H]1C. The van der Waals surface area contributed by atoms with Crippen LogP contribution in [0.4, 0.5) is 0 Å². The molecule has 3 heteroatoms. The van der Waals surface area contributed by atoms with Crippen LogP contribution in [0, 0.1) is 5.92 Å². The smallest absolute Gasteiger partial charge is 0.0406 e. The number of nitrogens with one attached hydrogen (secondary N) is 1. The maximum atomic E-state index is 6.04. The number of rotatable bonds is 4. The lowest BCUT2D eigenvalue weighted by Crippen LogP contribution is -2.55. The number of nitrogens with zero attached hydrogens (tertiary/aromatic N) is 1. The highest BCUT2D eigenvalue weighted by molar-refractivity contribution is 6.30. The predicted octanol–water partition coefficient (Wildman–Crippen LogP) is 4.11. The third kappa shape index (κ3) is 3.97. The maximum Gasteiger partial charge on any atom is 0.0406 e. The van der Waals surface area contributed by atoms with E-state index in [-0.39, 0.29) is 0 Å². The Balaban J connectivity index is 2.24. The largest absolute Gasteiger partial charge is 0.311 e. The van der Waals surface area contributed by atoms with Crippen molar-refractivity contribution in [3.05, 3.63) is 34.9 Å². The van der Waals surface area contributed by atoms with E-state index in [9.17, 15) is 0 Å². The lowest BCUT2D eigenvalue weighted by atomic mass is 9.93. The van der Waals surface area contributed by atoms with Gasteiger partial charge in [0.1, 0.15) is 0 Å². The first kappa shape index (κ1) is 15.8. The summed E-state index contributed by atoms with van der Waals surface area (Å²) in [6, 6.07) is 10.0. The topological polar surface area (TPSA) is 15.3 Å². The van der Waals surface area contributed by atoms with Crippen molar-refractivity contribution in [2.75, 3.05) is 13.1 Å². The second kappa shape index (κ2) is 6.93. The first-order valence-electron chi connectivity index (χ1n) is 7.72. The average molecular weight is 295 g/mol. The van der Waals surface area contributed by atoms with Gasteiger partial charge in [-0.25, -0.2) is 0 Å². The molecule has 0 radical (unpaired) electrons. The van der Waals surface area contributed by atoms with Gasteiger partial charge in [0.2, 0.25) is 0 Å². The lowest BCUT2D eigenvalue weighted by Gasteiger charge is -2.43. The summed E-state index contributed by atoms with van der Waals surface area (Å²) >= 11 is 6.04. The normalized spacial score (nSPS) is 25.9. The van der Waals surface area contributed by atoms with Gasteiger partial charge in [0.15, 0.2) is 0 Å². The molecule has 0 amide bonds. The van der Waals surface area contributed by atoms with Gasteiger partial charge in [-0.15, -0.1) is 0 Å². The van der Waals surface area contributed by atoms with Crippen LogP contribution in [-0.4, -0.2) is 30.1 Å². The minimum Gasteiger partial charge on any atom is -0.311 e. The summed E-state index contributed by atoms with van der Waals surface area (Å²) in [5, 5.41) is 4.39. The van der Waals surface area contributed by atoms with Crippen LogP contribution in [0.1, 0.15) is 45.7 Å². The molecule has 20 heavy (non-hydrogen) atoms. The summed E-state index contributed by atoms with van der Waals surface area (Å²) in [6.07, 6.45) is 1.19. The van der Waals surface area contributed by atoms with Crippen molar-refractivity contribution in [2.45, 2.75) is 52.2 Å². The molecule has 112 valence electrons. The molecule has 1 heterocycles. The van der Waals surface area contributed by atoms with Gasteiger partial charge in [-0.1, -0.05) is 37.6 Å². The molecule has 2 nitrogen and oxygen atoms in total. The van der Waals surface area contributed by atoms with Crippen molar-refractivity contribution < 1.29 is 0 Å². The molecule has 2 rings (SSSR count). The second-order valence-corrected chi connectivity index (χ2v) is 6.99. The number of halogens is 1.